The van der Waals surface area contributed by atoms with Crippen LogP contribution in [0, 0.1) is 0 Å². The second kappa shape index (κ2) is 7.34. The fourth-order valence-electron chi connectivity index (χ4n) is 3.65. The third kappa shape index (κ3) is 3.45. The van der Waals surface area contributed by atoms with E-state index in [0.717, 1.165) is 43.1 Å². The molecule has 1 saturated heterocycles. The van der Waals surface area contributed by atoms with E-state index < -0.39 is 11.2 Å². The van der Waals surface area contributed by atoms with Crippen LogP contribution in [-0.2, 0) is 11.3 Å². The molecule has 1 aromatic rings. The first-order valence-corrected chi connectivity index (χ1v) is 8.79. The highest BCUT2D eigenvalue weighted by Gasteiger charge is 2.26. The maximum Gasteiger partial charge on any atom is 0.328 e. The zero-order valence-corrected chi connectivity index (χ0v) is 14.1. The van der Waals surface area contributed by atoms with Gasteiger partial charge in [0.25, 0.3) is 11.5 Å². The molecule has 1 unspecified atom stereocenters. The second-order valence-corrected chi connectivity index (χ2v) is 6.77. The fourth-order valence-corrected chi connectivity index (χ4v) is 3.65. The minimum Gasteiger partial charge on any atom is -0.376 e. The van der Waals surface area contributed by atoms with Crippen molar-refractivity contribution in [1.29, 1.82) is 0 Å². The Hall–Kier alpha value is -1.89. The molecule has 1 saturated carbocycles. The molecule has 132 valence electrons. The molecule has 1 aromatic heterocycles. The van der Waals surface area contributed by atoms with Gasteiger partial charge < -0.3 is 14.6 Å². The van der Waals surface area contributed by atoms with Gasteiger partial charge >= 0.3 is 5.69 Å². The Balaban J connectivity index is 1.83. The zero-order chi connectivity index (χ0) is 17.1. The number of aromatic nitrogens is 2. The molecule has 24 heavy (non-hydrogen) atoms. The number of H-pyrrole nitrogens is 1. The molecule has 0 bridgehead atoms. The number of aromatic amines is 1. The summed E-state index contributed by atoms with van der Waals surface area (Å²) in [6.45, 7) is 0.850. The van der Waals surface area contributed by atoms with E-state index in [1.807, 2.05) is 0 Å². The quantitative estimate of drug-likeness (QED) is 0.893. The van der Waals surface area contributed by atoms with Gasteiger partial charge in [0.1, 0.15) is 5.56 Å². The van der Waals surface area contributed by atoms with Crippen molar-refractivity contribution in [3.63, 3.8) is 0 Å². The standard InChI is InChI=1S/C17H25N3O4/c1-19(12-6-3-2-4-7-12)15(21)14-10-18-17(23)20(16(14)22)11-13-8-5-9-24-13/h10,12-13H,2-9,11H2,1H3,(H,18,23). The van der Waals surface area contributed by atoms with E-state index in [9.17, 15) is 14.4 Å². The highest BCUT2D eigenvalue weighted by Crippen LogP contribution is 2.22. The van der Waals surface area contributed by atoms with E-state index in [-0.39, 0.29) is 30.2 Å². The Morgan fingerprint density at radius 2 is 2.00 bits per heavy atom. The van der Waals surface area contributed by atoms with Gasteiger partial charge in [-0.25, -0.2) is 4.79 Å². The number of amides is 1. The first kappa shape index (κ1) is 17.0. The largest absolute Gasteiger partial charge is 0.376 e. The molecule has 1 N–H and O–H groups in total. The number of carbonyl (C=O) groups excluding carboxylic acids is 1. The number of nitrogens with zero attached hydrogens (tertiary/aromatic N) is 2. The molecule has 2 fully saturated rings. The van der Waals surface area contributed by atoms with Crippen molar-refractivity contribution in [3.05, 3.63) is 32.6 Å². The van der Waals surface area contributed by atoms with Gasteiger partial charge in [-0.05, 0) is 25.7 Å². The molecule has 1 aliphatic carbocycles. The Morgan fingerprint density at radius 3 is 2.67 bits per heavy atom. The van der Waals surface area contributed by atoms with E-state index in [2.05, 4.69) is 4.98 Å². The Bertz CT molecular complexity index is 697. The zero-order valence-electron chi connectivity index (χ0n) is 14.1. The van der Waals surface area contributed by atoms with Crippen LogP contribution in [-0.4, -0.2) is 46.2 Å². The average Bonchev–Trinajstić information content (AvgIpc) is 3.11. The van der Waals surface area contributed by atoms with Crippen LogP contribution in [0.15, 0.2) is 15.8 Å². The summed E-state index contributed by atoms with van der Waals surface area (Å²) in [4.78, 5) is 41.6. The third-order valence-corrected chi connectivity index (χ3v) is 5.14. The van der Waals surface area contributed by atoms with Crippen LogP contribution in [0.1, 0.15) is 55.3 Å². The van der Waals surface area contributed by atoms with Crippen molar-refractivity contribution in [1.82, 2.24) is 14.5 Å². The SMILES string of the molecule is CN(C(=O)c1c[nH]c(=O)n(CC2CCCO2)c1=O)C1CCCCC1. The Kier molecular flexibility index (Phi) is 5.18. The van der Waals surface area contributed by atoms with Crippen molar-refractivity contribution in [2.45, 2.75) is 63.6 Å². The summed E-state index contributed by atoms with van der Waals surface area (Å²) < 4.78 is 6.60. The molecule has 2 heterocycles. The van der Waals surface area contributed by atoms with Gasteiger partial charge in [-0.2, -0.15) is 0 Å². The maximum absolute atomic E-state index is 12.7. The number of carbonyl (C=O) groups is 1. The van der Waals surface area contributed by atoms with Gasteiger partial charge in [-0.15, -0.1) is 0 Å². The molecular weight excluding hydrogens is 310 g/mol. The lowest BCUT2D eigenvalue weighted by Crippen LogP contribution is -2.45. The molecule has 0 spiro atoms. The number of nitrogens with one attached hydrogen (secondary N) is 1. The molecule has 7 nitrogen and oxygen atoms in total. The van der Waals surface area contributed by atoms with Crippen LogP contribution in [0.5, 0.6) is 0 Å². The van der Waals surface area contributed by atoms with Crippen LogP contribution < -0.4 is 11.2 Å². The summed E-state index contributed by atoms with van der Waals surface area (Å²) in [6.07, 6.45) is 8.22. The molecule has 0 aromatic carbocycles. The topological polar surface area (TPSA) is 84.4 Å². The maximum atomic E-state index is 12.7. The predicted octanol–water partition coefficient (Wildman–Crippen LogP) is 1.12. The molecule has 7 heteroatoms. The van der Waals surface area contributed by atoms with Gasteiger partial charge in [-0.3, -0.25) is 14.2 Å². The first-order valence-electron chi connectivity index (χ1n) is 8.79. The minimum absolute atomic E-state index is 0.0284. The van der Waals surface area contributed by atoms with E-state index >= 15 is 0 Å². The summed E-state index contributed by atoms with van der Waals surface area (Å²) in [6, 6.07) is 0.171. The molecule has 2 aliphatic rings. The average molecular weight is 335 g/mol. The van der Waals surface area contributed by atoms with Crippen LogP contribution in [0.2, 0.25) is 0 Å². The van der Waals surface area contributed by atoms with Crippen LogP contribution in [0.4, 0.5) is 0 Å². The van der Waals surface area contributed by atoms with E-state index in [0.29, 0.717) is 6.61 Å². The second-order valence-electron chi connectivity index (χ2n) is 6.77. The van der Waals surface area contributed by atoms with Crippen LogP contribution >= 0.6 is 0 Å². The number of hydrogen-bond donors (Lipinski definition) is 1. The summed E-state index contributed by atoms with van der Waals surface area (Å²) in [7, 11) is 1.74. The number of ether oxygens (including phenoxy) is 1. The molecule has 3 rings (SSSR count). The minimum atomic E-state index is -0.526. The van der Waals surface area contributed by atoms with Gasteiger partial charge in [0, 0.05) is 25.9 Å². The third-order valence-electron chi connectivity index (χ3n) is 5.14. The summed E-state index contributed by atoms with van der Waals surface area (Å²) in [5.41, 5.74) is -0.991. The monoisotopic (exact) mass is 335 g/mol. The van der Waals surface area contributed by atoms with Gasteiger partial charge in [-0.1, -0.05) is 19.3 Å². The van der Waals surface area contributed by atoms with Crippen LogP contribution in [0.25, 0.3) is 0 Å². The van der Waals surface area contributed by atoms with Crippen molar-refractivity contribution in [2.75, 3.05) is 13.7 Å². The highest BCUT2D eigenvalue weighted by atomic mass is 16.5. The Labute approximate surface area is 140 Å². The number of rotatable bonds is 4. The molecule has 0 radical (unpaired) electrons. The van der Waals surface area contributed by atoms with Gasteiger partial charge in [0.15, 0.2) is 0 Å². The summed E-state index contributed by atoms with van der Waals surface area (Å²) >= 11 is 0. The summed E-state index contributed by atoms with van der Waals surface area (Å²) in [5.74, 6) is -0.316. The van der Waals surface area contributed by atoms with E-state index in [1.54, 1.807) is 11.9 Å². The normalized spacial score (nSPS) is 21.8. The lowest BCUT2D eigenvalue weighted by atomic mass is 9.94. The molecule has 1 amide bonds. The number of hydrogen-bond acceptors (Lipinski definition) is 4. The van der Waals surface area contributed by atoms with Crippen molar-refractivity contribution in [3.8, 4) is 0 Å². The smallest absolute Gasteiger partial charge is 0.328 e. The van der Waals surface area contributed by atoms with Crippen molar-refractivity contribution in [2.24, 2.45) is 0 Å². The fraction of sp³-hybridized carbons (Fsp3) is 0.706. The summed E-state index contributed by atoms with van der Waals surface area (Å²) in [5, 5.41) is 0. The first-order chi connectivity index (χ1) is 11.6. The van der Waals surface area contributed by atoms with E-state index in [4.69, 9.17) is 4.74 Å². The Morgan fingerprint density at radius 1 is 1.25 bits per heavy atom. The van der Waals surface area contributed by atoms with Crippen LogP contribution in [0.3, 0.4) is 0 Å². The van der Waals surface area contributed by atoms with Gasteiger partial charge in [0.2, 0.25) is 0 Å². The van der Waals surface area contributed by atoms with Crippen molar-refractivity contribution < 1.29 is 9.53 Å². The lowest BCUT2D eigenvalue weighted by molar-refractivity contribution is 0.0690. The lowest BCUT2D eigenvalue weighted by Gasteiger charge is -2.31. The van der Waals surface area contributed by atoms with E-state index in [1.165, 1.54) is 12.6 Å². The highest BCUT2D eigenvalue weighted by molar-refractivity contribution is 5.93. The molecule has 1 aliphatic heterocycles. The molecular formula is C17H25N3O4. The van der Waals surface area contributed by atoms with Crippen molar-refractivity contribution >= 4 is 5.91 Å². The molecule has 1 atom stereocenters. The van der Waals surface area contributed by atoms with Gasteiger partial charge in [0.05, 0.1) is 12.6 Å². The predicted molar refractivity (Wildman–Crippen MR) is 89.3 cm³/mol.